The van der Waals surface area contributed by atoms with E-state index in [1.165, 1.54) is 13.3 Å². The summed E-state index contributed by atoms with van der Waals surface area (Å²) >= 11 is 1.12. The molecule has 1 fully saturated rings. The first-order valence-electron chi connectivity index (χ1n) is 7.81. The van der Waals surface area contributed by atoms with E-state index >= 15 is 0 Å². The van der Waals surface area contributed by atoms with E-state index < -0.39 is 11.9 Å². The quantitative estimate of drug-likeness (QED) is 0.858. The molecular formula is C16H17F3N2O2S. The highest BCUT2D eigenvalue weighted by molar-refractivity contribution is 7.17. The molecule has 0 saturated heterocycles. The number of halogens is 3. The number of nitrogens with one attached hydrogen (secondary N) is 1. The molecule has 1 aliphatic carbocycles. The molecule has 1 aliphatic rings. The maximum absolute atomic E-state index is 12.8. The minimum Gasteiger partial charge on any atom is -0.351 e. The van der Waals surface area contributed by atoms with Gasteiger partial charge in [0, 0.05) is 11.6 Å². The van der Waals surface area contributed by atoms with Gasteiger partial charge in [0.2, 0.25) is 5.76 Å². The lowest BCUT2D eigenvalue weighted by atomic mass is 9.95. The van der Waals surface area contributed by atoms with Gasteiger partial charge in [-0.25, -0.2) is 0 Å². The van der Waals surface area contributed by atoms with Gasteiger partial charge in [0.25, 0.3) is 5.91 Å². The van der Waals surface area contributed by atoms with E-state index in [0.717, 1.165) is 37.0 Å². The smallest absolute Gasteiger partial charge is 0.351 e. The van der Waals surface area contributed by atoms with Crippen LogP contribution in [-0.2, 0) is 6.18 Å². The average Bonchev–Trinajstić information content (AvgIpc) is 3.14. The first kappa shape index (κ1) is 17.0. The molecule has 3 rings (SSSR count). The summed E-state index contributed by atoms with van der Waals surface area (Å²) in [5.41, 5.74) is 0.0626. The number of hydrogen-bond donors (Lipinski definition) is 1. The number of carbonyl (C=O) groups excluding carboxylic acids is 1. The van der Waals surface area contributed by atoms with Gasteiger partial charge in [-0.2, -0.15) is 13.2 Å². The Morgan fingerprint density at radius 3 is 2.62 bits per heavy atom. The molecule has 0 aliphatic heterocycles. The molecule has 0 bridgehead atoms. The van der Waals surface area contributed by atoms with Crippen molar-refractivity contribution in [3.8, 4) is 10.6 Å². The van der Waals surface area contributed by atoms with E-state index in [1.54, 1.807) is 12.1 Å². The molecule has 24 heavy (non-hydrogen) atoms. The van der Waals surface area contributed by atoms with Crippen LogP contribution >= 0.6 is 11.3 Å². The molecule has 2 heterocycles. The summed E-state index contributed by atoms with van der Waals surface area (Å²) in [6.07, 6.45) is 0.789. The van der Waals surface area contributed by atoms with Gasteiger partial charge in [-0.3, -0.25) is 4.79 Å². The van der Waals surface area contributed by atoms with Crippen molar-refractivity contribution in [2.75, 3.05) is 0 Å². The zero-order chi connectivity index (χ0) is 17.3. The van der Waals surface area contributed by atoms with Gasteiger partial charge in [0.15, 0.2) is 0 Å². The number of thiophene rings is 1. The Kier molecular flexibility index (Phi) is 4.67. The number of nitrogens with zero attached hydrogens (tertiary/aromatic N) is 1. The maximum atomic E-state index is 12.8. The fourth-order valence-electron chi connectivity index (χ4n) is 2.92. The van der Waals surface area contributed by atoms with Crippen molar-refractivity contribution in [2.45, 2.75) is 51.2 Å². The molecule has 1 N–H and O–H groups in total. The summed E-state index contributed by atoms with van der Waals surface area (Å²) in [5, 5.41) is 6.52. The third kappa shape index (κ3) is 3.48. The van der Waals surface area contributed by atoms with Gasteiger partial charge in [-0.15, -0.1) is 11.3 Å². The van der Waals surface area contributed by atoms with E-state index in [9.17, 15) is 18.0 Å². The Balaban J connectivity index is 1.76. The second-order valence-corrected chi connectivity index (χ2v) is 7.04. The SMILES string of the molecule is Cc1c(-c2ccc(C(=O)NC3CCCCC3)s2)noc1C(F)(F)F. The van der Waals surface area contributed by atoms with Crippen molar-refractivity contribution in [2.24, 2.45) is 0 Å². The van der Waals surface area contributed by atoms with Crippen molar-refractivity contribution >= 4 is 17.2 Å². The van der Waals surface area contributed by atoms with Gasteiger partial charge in [-0.05, 0) is 31.9 Å². The first-order chi connectivity index (χ1) is 11.4. The number of carbonyl (C=O) groups is 1. The lowest BCUT2D eigenvalue weighted by molar-refractivity contribution is -0.156. The summed E-state index contributed by atoms with van der Waals surface area (Å²) in [6.45, 7) is 1.32. The van der Waals surface area contributed by atoms with E-state index in [1.807, 2.05) is 0 Å². The Morgan fingerprint density at radius 2 is 2.00 bits per heavy atom. The van der Waals surface area contributed by atoms with Crippen LogP contribution in [0.1, 0.15) is 53.1 Å². The van der Waals surface area contributed by atoms with Crippen LogP contribution in [0, 0.1) is 6.92 Å². The van der Waals surface area contributed by atoms with Gasteiger partial charge in [-0.1, -0.05) is 24.4 Å². The van der Waals surface area contributed by atoms with Crippen molar-refractivity contribution in [3.63, 3.8) is 0 Å². The van der Waals surface area contributed by atoms with Crippen molar-refractivity contribution in [1.29, 1.82) is 0 Å². The number of alkyl halides is 3. The molecule has 2 aromatic heterocycles. The molecule has 0 spiro atoms. The lowest BCUT2D eigenvalue weighted by Crippen LogP contribution is -2.35. The predicted molar refractivity (Wildman–Crippen MR) is 83.9 cm³/mol. The van der Waals surface area contributed by atoms with Gasteiger partial charge in [0.1, 0.15) is 5.69 Å². The standard InChI is InChI=1S/C16H17F3N2O2S/c1-9-13(21-23-14(9)16(17,18)19)11-7-8-12(24-11)15(22)20-10-5-3-2-4-6-10/h7-8,10H,2-6H2,1H3,(H,20,22). The minimum atomic E-state index is -4.58. The van der Waals surface area contributed by atoms with Crippen LogP contribution in [0.5, 0.6) is 0 Å². The molecule has 4 nitrogen and oxygen atoms in total. The second kappa shape index (κ2) is 6.58. The monoisotopic (exact) mass is 358 g/mol. The lowest BCUT2D eigenvalue weighted by Gasteiger charge is -2.22. The topological polar surface area (TPSA) is 55.1 Å². The molecule has 0 aromatic carbocycles. The van der Waals surface area contributed by atoms with E-state index in [4.69, 9.17) is 0 Å². The number of rotatable bonds is 3. The number of hydrogen-bond acceptors (Lipinski definition) is 4. The second-order valence-electron chi connectivity index (χ2n) is 5.96. The molecule has 0 atom stereocenters. The molecule has 1 amide bonds. The first-order valence-corrected chi connectivity index (χ1v) is 8.62. The zero-order valence-corrected chi connectivity index (χ0v) is 13.9. The average molecular weight is 358 g/mol. The molecule has 0 radical (unpaired) electrons. The number of aromatic nitrogens is 1. The Hall–Kier alpha value is -1.83. The fourth-order valence-corrected chi connectivity index (χ4v) is 3.87. The maximum Gasteiger partial charge on any atom is 0.452 e. The molecule has 2 aromatic rings. The zero-order valence-electron chi connectivity index (χ0n) is 13.1. The Morgan fingerprint density at radius 1 is 1.29 bits per heavy atom. The van der Waals surface area contributed by atoms with Crippen LogP contribution in [0.3, 0.4) is 0 Å². The van der Waals surface area contributed by atoms with Gasteiger partial charge >= 0.3 is 6.18 Å². The molecular weight excluding hydrogens is 341 g/mol. The van der Waals surface area contributed by atoms with Gasteiger partial charge < -0.3 is 9.84 Å². The normalized spacial score (nSPS) is 16.3. The van der Waals surface area contributed by atoms with Crippen LogP contribution in [-0.4, -0.2) is 17.1 Å². The highest BCUT2D eigenvalue weighted by Crippen LogP contribution is 2.38. The fraction of sp³-hybridized carbons (Fsp3) is 0.500. The highest BCUT2D eigenvalue weighted by Gasteiger charge is 2.39. The van der Waals surface area contributed by atoms with Gasteiger partial charge in [0.05, 0.1) is 9.75 Å². The highest BCUT2D eigenvalue weighted by atomic mass is 32.1. The van der Waals surface area contributed by atoms with Crippen molar-refractivity contribution in [3.05, 3.63) is 28.3 Å². The Labute approximate surface area is 141 Å². The summed E-state index contributed by atoms with van der Waals surface area (Å²) < 4.78 is 42.8. The summed E-state index contributed by atoms with van der Waals surface area (Å²) in [4.78, 5) is 13.2. The number of amides is 1. The largest absolute Gasteiger partial charge is 0.452 e. The molecule has 130 valence electrons. The molecule has 8 heteroatoms. The molecule has 1 saturated carbocycles. The van der Waals surface area contributed by atoms with Crippen LogP contribution < -0.4 is 5.32 Å². The van der Waals surface area contributed by atoms with Crippen molar-refractivity contribution < 1.29 is 22.5 Å². The van der Waals surface area contributed by atoms with Crippen LogP contribution in [0.4, 0.5) is 13.2 Å². The molecule has 0 unspecified atom stereocenters. The summed E-state index contributed by atoms with van der Waals surface area (Å²) in [5.74, 6) is -1.28. The summed E-state index contributed by atoms with van der Waals surface area (Å²) in [7, 11) is 0. The van der Waals surface area contributed by atoms with E-state index in [-0.39, 0.29) is 23.2 Å². The third-order valence-corrected chi connectivity index (χ3v) is 5.28. The third-order valence-electron chi connectivity index (χ3n) is 4.19. The van der Waals surface area contributed by atoms with E-state index in [2.05, 4.69) is 15.0 Å². The summed E-state index contributed by atoms with van der Waals surface area (Å²) in [6, 6.07) is 3.40. The predicted octanol–water partition coefficient (Wildman–Crippen LogP) is 4.79. The minimum absolute atomic E-state index is 0.0661. The van der Waals surface area contributed by atoms with Crippen LogP contribution in [0.15, 0.2) is 16.7 Å². The van der Waals surface area contributed by atoms with Crippen molar-refractivity contribution in [1.82, 2.24) is 10.5 Å². The Bertz CT molecular complexity index is 730. The van der Waals surface area contributed by atoms with Crippen LogP contribution in [0.2, 0.25) is 0 Å². The van der Waals surface area contributed by atoms with Crippen LogP contribution in [0.25, 0.3) is 10.6 Å². The van der Waals surface area contributed by atoms with E-state index in [0.29, 0.717) is 9.75 Å².